The monoisotopic (exact) mass is 227 g/mol. The third-order valence-electron chi connectivity index (χ3n) is 2.34. The van der Waals surface area contributed by atoms with Crippen LogP contribution in [0.5, 0.6) is 0 Å². The number of carbonyl (C=O) groups excluding carboxylic acids is 1. The first-order valence-electron chi connectivity index (χ1n) is 5.46. The molecule has 17 heavy (non-hydrogen) atoms. The minimum Gasteiger partial charge on any atom is -0.273 e. The highest BCUT2D eigenvalue weighted by Gasteiger charge is 1.95. The summed E-state index contributed by atoms with van der Waals surface area (Å²) >= 11 is 0. The van der Waals surface area contributed by atoms with Crippen molar-refractivity contribution < 1.29 is 4.79 Å². The maximum Gasteiger partial charge on any atom is 0.239 e. The molecular formula is C13H13N3O. The van der Waals surface area contributed by atoms with Gasteiger partial charge >= 0.3 is 0 Å². The maximum atomic E-state index is 11.0. The van der Waals surface area contributed by atoms with Gasteiger partial charge in [-0.25, -0.2) is 5.43 Å². The number of amides is 1. The number of hydrogen-bond donors (Lipinski definition) is 1. The number of aromatic nitrogens is 1. The quantitative estimate of drug-likeness (QED) is 0.644. The van der Waals surface area contributed by atoms with Gasteiger partial charge < -0.3 is 0 Å². The van der Waals surface area contributed by atoms with Gasteiger partial charge in [0, 0.05) is 23.6 Å². The molecule has 1 heterocycles. The van der Waals surface area contributed by atoms with Crippen LogP contribution in [0.15, 0.2) is 41.6 Å². The fraction of sp³-hybridized carbons (Fsp3) is 0.154. The Morgan fingerprint density at radius 1 is 1.47 bits per heavy atom. The minimum atomic E-state index is -0.102. The molecule has 0 aliphatic rings. The van der Waals surface area contributed by atoms with E-state index in [0.29, 0.717) is 6.42 Å². The van der Waals surface area contributed by atoms with Crippen LogP contribution in [0.1, 0.15) is 18.9 Å². The van der Waals surface area contributed by atoms with Gasteiger partial charge in [-0.15, -0.1) is 0 Å². The first kappa shape index (κ1) is 11.3. The van der Waals surface area contributed by atoms with Gasteiger partial charge in [-0.1, -0.05) is 25.1 Å². The number of benzene rings is 1. The topological polar surface area (TPSA) is 54.4 Å². The van der Waals surface area contributed by atoms with Gasteiger partial charge in [0.1, 0.15) is 0 Å². The summed E-state index contributed by atoms with van der Waals surface area (Å²) in [5, 5.41) is 4.91. The molecule has 2 rings (SSSR count). The Hall–Kier alpha value is -2.23. The molecule has 1 N–H and O–H groups in total. The molecule has 2 aromatic rings. The van der Waals surface area contributed by atoms with Gasteiger partial charge in [-0.3, -0.25) is 9.78 Å². The average molecular weight is 227 g/mol. The Morgan fingerprint density at radius 3 is 3.12 bits per heavy atom. The summed E-state index contributed by atoms with van der Waals surface area (Å²) < 4.78 is 0. The third kappa shape index (κ3) is 2.87. The van der Waals surface area contributed by atoms with Crippen molar-refractivity contribution in [3.8, 4) is 0 Å². The van der Waals surface area contributed by atoms with E-state index in [1.165, 1.54) is 0 Å². The predicted molar refractivity (Wildman–Crippen MR) is 67.8 cm³/mol. The molecule has 1 amide bonds. The van der Waals surface area contributed by atoms with Gasteiger partial charge in [0.2, 0.25) is 5.91 Å². The molecule has 4 heteroatoms. The first-order valence-corrected chi connectivity index (χ1v) is 5.46. The fourth-order valence-corrected chi connectivity index (χ4v) is 1.42. The number of nitrogens with one attached hydrogen (secondary N) is 1. The largest absolute Gasteiger partial charge is 0.273 e. The zero-order valence-corrected chi connectivity index (χ0v) is 9.55. The highest BCUT2D eigenvalue weighted by atomic mass is 16.2. The summed E-state index contributed by atoms with van der Waals surface area (Å²) in [6.45, 7) is 1.78. The van der Waals surface area contributed by atoms with Gasteiger partial charge in [-0.05, 0) is 12.1 Å². The maximum absolute atomic E-state index is 11.0. The van der Waals surface area contributed by atoms with Crippen LogP contribution in [0.25, 0.3) is 10.9 Å². The standard InChI is InChI=1S/C13H13N3O/c1-2-13(17)16-15-9-10-7-11-5-3-4-6-12(11)14-8-10/h3-9H,2H2,1H3,(H,16,17). The fourth-order valence-electron chi connectivity index (χ4n) is 1.42. The van der Waals surface area contributed by atoms with Crippen LogP contribution in [0.3, 0.4) is 0 Å². The van der Waals surface area contributed by atoms with Crippen molar-refractivity contribution in [3.05, 3.63) is 42.1 Å². The molecule has 0 fully saturated rings. The summed E-state index contributed by atoms with van der Waals surface area (Å²) in [6.07, 6.45) is 3.74. The number of hydrogen-bond acceptors (Lipinski definition) is 3. The van der Waals surface area contributed by atoms with Gasteiger partial charge in [0.25, 0.3) is 0 Å². The molecule has 86 valence electrons. The van der Waals surface area contributed by atoms with Crippen molar-refractivity contribution in [1.29, 1.82) is 0 Å². The van der Waals surface area contributed by atoms with Crippen molar-refractivity contribution in [3.63, 3.8) is 0 Å². The number of rotatable bonds is 3. The molecule has 0 radical (unpaired) electrons. The summed E-state index contributed by atoms with van der Waals surface area (Å²) in [5.74, 6) is -0.102. The molecule has 4 nitrogen and oxygen atoms in total. The SMILES string of the molecule is CCC(=O)NN=Cc1cnc2ccccc2c1. The second-order valence-electron chi connectivity index (χ2n) is 3.61. The number of para-hydroxylation sites is 1. The summed E-state index contributed by atoms with van der Waals surface area (Å²) in [5.41, 5.74) is 4.24. The van der Waals surface area contributed by atoms with Crippen LogP contribution < -0.4 is 5.43 Å². The van der Waals surface area contributed by atoms with Crippen LogP contribution in [-0.4, -0.2) is 17.1 Å². The zero-order valence-electron chi connectivity index (χ0n) is 9.55. The summed E-state index contributed by atoms with van der Waals surface area (Å²) in [7, 11) is 0. The van der Waals surface area contributed by atoms with E-state index in [1.807, 2.05) is 30.3 Å². The van der Waals surface area contributed by atoms with Crippen LogP contribution in [0.2, 0.25) is 0 Å². The molecule has 0 saturated carbocycles. The Morgan fingerprint density at radius 2 is 2.29 bits per heavy atom. The lowest BCUT2D eigenvalue weighted by atomic mass is 10.2. The molecule has 0 aliphatic heterocycles. The highest BCUT2D eigenvalue weighted by Crippen LogP contribution is 2.11. The number of pyridine rings is 1. The predicted octanol–water partition coefficient (Wildman–Crippen LogP) is 2.09. The van der Waals surface area contributed by atoms with E-state index in [1.54, 1.807) is 19.3 Å². The summed E-state index contributed by atoms with van der Waals surface area (Å²) in [6, 6.07) is 9.83. The molecule has 0 aliphatic carbocycles. The van der Waals surface area contributed by atoms with E-state index in [0.717, 1.165) is 16.5 Å². The molecule has 0 saturated heterocycles. The molecule has 0 spiro atoms. The smallest absolute Gasteiger partial charge is 0.239 e. The Bertz CT molecular complexity index is 563. The van der Waals surface area contributed by atoms with E-state index in [2.05, 4.69) is 15.5 Å². The molecule has 0 unspecified atom stereocenters. The van der Waals surface area contributed by atoms with Crippen LogP contribution >= 0.6 is 0 Å². The van der Waals surface area contributed by atoms with Crippen LogP contribution in [-0.2, 0) is 4.79 Å². The molecule has 0 atom stereocenters. The molecule has 1 aromatic heterocycles. The number of nitrogens with zero attached hydrogens (tertiary/aromatic N) is 2. The summed E-state index contributed by atoms with van der Waals surface area (Å²) in [4.78, 5) is 15.3. The Balaban J connectivity index is 2.16. The third-order valence-corrected chi connectivity index (χ3v) is 2.34. The molecule has 0 bridgehead atoms. The van der Waals surface area contributed by atoms with Gasteiger partial charge in [-0.2, -0.15) is 5.10 Å². The van der Waals surface area contributed by atoms with Gasteiger partial charge in [0.05, 0.1) is 11.7 Å². The lowest BCUT2D eigenvalue weighted by Crippen LogP contribution is -2.15. The van der Waals surface area contributed by atoms with E-state index >= 15 is 0 Å². The normalized spacial score (nSPS) is 10.9. The number of hydrazone groups is 1. The number of fused-ring (bicyclic) bond motifs is 1. The lowest BCUT2D eigenvalue weighted by molar-refractivity contribution is -0.120. The van der Waals surface area contributed by atoms with Crippen LogP contribution in [0.4, 0.5) is 0 Å². The average Bonchev–Trinajstić information content (AvgIpc) is 2.38. The second kappa shape index (κ2) is 5.21. The molecular weight excluding hydrogens is 214 g/mol. The van der Waals surface area contributed by atoms with E-state index in [9.17, 15) is 4.79 Å². The van der Waals surface area contributed by atoms with E-state index < -0.39 is 0 Å². The van der Waals surface area contributed by atoms with E-state index in [-0.39, 0.29) is 5.91 Å². The first-order chi connectivity index (χ1) is 8.29. The van der Waals surface area contributed by atoms with E-state index in [4.69, 9.17) is 0 Å². The highest BCUT2D eigenvalue weighted by molar-refractivity contribution is 5.88. The van der Waals surface area contributed by atoms with Crippen molar-refractivity contribution >= 4 is 23.0 Å². The van der Waals surface area contributed by atoms with Crippen molar-refractivity contribution in [2.24, 2.45) is 5.10 Å². The zero-order chi connectivity index (χ0) is 12.1. The second-order valence-corrected chi connectivity index (χ2v) is 3.61. The Kier molecular flexibility index (Phi) is 3.45. The van der Waals surface area contributed by atoms with Crippen molar-refractivity contribution in [2.45, 2.75) is 13.3 Å². The van der Waals surface area contributed by atoms with Crippen molar-refractivity contribution in [2.75, 3.05) is 0 Å². The lowest BCUT2D eigenvalue weighted by Gasteiger charge is -1.98. The molecule has 1 aromatic carbocycles. The van der Waals surface area contributed by atoms with Crippen molar-refractivity contribution in [1.82, 2.24) is 10.4 Å². The minimum absolute atomic E-state index is 0.102. The Labute approximate surface area is 99.4 Å². The van der Waals surface area contributed by atoms with Gasteiger partial charge in [0.15, 0.2) is 0 Å². The number of carbonyl (C=O) groups is 1. The van der Waals surface area contributed by atoms with Crippen LogP contribution in [0, 0.1) is 0 Å².